The SMILES string of the molecule is CNCC1CCN(Cc2cccc(Cl)n2)C1. The largest absolute Gasteiger partial charge is 0.319 e. The minimum absolute atomic E-state index is 0.587. The van der Waals surface area contributed by atoms with Crippen molar-refractivity contribution in [1.29, 1.82) is 0 Å². The monoisotopic (exact) mass is 239 g/mol. The minimum atomic E-state index is 0.587. The Kier molecular flexibility index (Phi) is 4.16. The third-order valence-electron chi connectivity index (χ3n) is 3.02. The topological polar surface area (TPSA) is 28.2 Å². The Morgan fingerprint density at radius 1 is 1.56 bits per heavy atom. The fraction of sp³-hybridized carbons (Fsp3) is 0.583. The van der Waals surface area contributed by atoms with Gasteiger partial charge in [0.15, 0.2) is 0 Å². The van der Waals surface area contributed by atoms with E-state index in [1.807, 2.05) is 25.2 Å². The molecule has 88 valence electrons. The number of hydrogen-bond acceptors (Lipinski definition) is 3. The zero-order valence-electron chi connectivity index (χ0n) is 9.62. The van der Waals surface area contributed by atoms with Gasteiger partial charge in [-0.15, -0.1) is 0 Å². The van der Waals surface area contributed by atoms with Gasteiger partial charge in [0.25, 0.3) is 0 Å². The van der Waals surface area contributed by atoms with Crippen LogP contribution in [0.15, 0.2) is 18.2 Å². The van der Waals surface area contributed by atoms with Gasteiger partial charge in [0.2, 0.25) is 0 Å². The van der Waals surface area contributed by atoms with Gasteiger partial charge < -0.3 is 5.32 Å². The molecule has 1 atom stereocenters. The Labute approximate surface area is 102 Å². The molecular weight excluding hydrogens is 222 g/mol. The molecule has 1 aliphatic heterocycles. The Morgan fingerprint density at radius 2 is 2.44 bits per heavy atom. The Balaban J connectivity index is 1.87. The zero-order valence-corrected chi connectivity index (χ0v) is 10.4. The minimum Gasteiger partial charge on any atom is -0.319 e. The highest BCUT2D eigenvalue weighted by atomic mass is 35.5. The standard InChI is InChI=1S/C12H18ClN3/c1-14-7-10-5-6-16(8-10)9-11-3-2-4-12(13)15-11/h2-4,10,14H,5-9H2,1H3. The fourth-order valence-electron chi connectivity index (χ4n) is 2.28. The van der Waals surface area contributed by atoms with Crippen LogP contribution in [0, 0.1) is 5.92 Å². The van der Waals surface area contributed by atoms with E-state index in [-0.39, 0.29) is 0 Å². The number of hydrogen-bond donors (Lipinski definition) is 1. The normalized spacial score (nSPS) is 21.5. The van der Waals surface area contributed by atoms with Crippen LogP contribution >= 0.6 is 11.6 Å². The van der Waals surface area contributed by atoms with Crippen molar-refractivity contribution in [3.8, 4) is 0 Å². The molecule has 0 aromatic carbocycles. The molecule has 3 nitrogen and oxygen atoms in total. The molecule has 0 bridgehead atoms. The van der Waals surface area contributed by atoms with Gasteiger partial charge in [0.05, 0.1) is 5.69 Å². The summed E-state index contributed by atoms with van der Waals surface area (Å²) in [6.07, 6.45) is 1.28. The van der Waals surface area contributed by atoms with E-state index in [0.29, 0.717) is 5.15 Å². The van der Waals surface area contributed by atoms with E-state index in [1.165, 1.54) is 13.0 Å². The van der Waals surface area contributed by atoms with Crippen molar-refractivity contribution in [3.63, 3.8) is 0 Å². The lowest BCUT2D eigenvalue weighted by molar-refractivity contribution is 0.312. The van der Waals surface area contributed by atoms with Crippen molar-refractivity contribution in [1.82, 2.24) is 15.2 Å². The summed E-state index contributed by atoms with van der Waals surface area (Å²) in [6, 6.07) is 5.82. The second-order valence-corrected chi connectivity index (χ2v) is 4.79. The van der Waals surface area contributed by atoms with E-state index in [9.17, 15) is 0 Å². The van der Waals surface area contributed by atoms with Crippen LogP contribution in [0.4, 0.5) is 0 Å². The lowest BCUT2D eigenvalue weighted by atomic mass is 10.1. The highest BCUT2D eigenvalue weighted by Gasteiger charge is 2.21. The number of nitrogens with one attached hydrogen (secondary N) is 1. The molecule has 1 N–H and O–H groups in total. The number of rotatable bonds is 4. The third-order valence-corrected chi connectivity index (χ3v) is 3.23. The van der Waals surface area contributed by atoms with Gasteiger partial charge in [-0.25, -0.2) is 4.98 Å². The maximum absolute atomic E-state index is 5.87. The van der Waals surface area contributed by atoms with Crippen LogP contribution in [0.3, 0.4) is 0 Å². The molecule has 0 saturated carbocycles. The van der Waals surface area contributed by atoms with E-state index in [4.69, 9.17) is 11.6 Å². The molecule has 4 heteroatoms. The van der Waals surface area contributed by atoms with E-state index in [2.05, 4.69) is 15.2 Å². The van der Waals surface area contributed by atoms with Crippen molar-refractivity contribution in [2.24, 2.45) is 5.92 Å². The van der Waals surface area contributed by atoms with Crippen LogP contribution < -0.4 is 5.32 Å². The van der Waals surface area contributed by atoms with Crippen molar-refractivity contribution < 1.29 is 0 Å². The highest BCUT2D eigenvalue weighted by Crippen LogP contribution is 2.17. The van der Waals surface area contributed by atoms with Gasteiger partial charge in [0.1, 0.15) is 5.15 Å². The molecule has 1 fully saturated rings. The van der Waals surface area contributed by atoms with Crippen LogP contribution in [0.5, 0.6) is 0 Å². The molecule has 1 unspecified atom stereocenters. The summed E-state index contributed by atoms with van der Waals surface area (Å²) in [5, 5.41) is 3.83. The van der Waals surface area contributed by atoms with Crippen molar-refractivity contribution in [3.05, 3.63) is 29.0 Å². The summed E-state index contributed by atoms with van der Waals surface area (Å²) in [5.41, 5.74) is 1.07. The van der Waals surface area contributed by atoms with Crippen LogP contribution in [-0.4, -0.2) is 36.6 Å². The van der Waals surface area contributed by atoms with Crippen molar-refractivity contribution in [2.75, 3.05) is 26.7 Å². The van der Waals surface area contributed by atoms with Gasteiger partial charge in [-0.05, 0) is 44.6 Å². The molecule has 2 rings (SSSR count). The van der Waals surface area contributed by atoms with Gasteiger partial charge in [-0.3, -0.25) is 4.90 Å². The highest BCUT2D eigenvalue weighted by molar-refractivity contribution is 6.29. The average molecular weight is 240 g/mol. The Hall–Kier alpha value is -0.640. The van der Waals surface area contributed by atoms with Gasteiger partial charge in [-0.2, -0.15) is 0 Å². The summed E-state index contributed by atoms with van der Waals surface area (Å²) >= 11 is 5.87. The predicted molar refractivity (Wildman–Crippen MR) is 66.6 cm³/mol. The van der Waals surface area contributed by atoms with Gasteiger partial charge in [-0.1, -0.05) is 17.7 Å². The fourth-order valence-corrected chi connectivity index (χ4v) is 2.46. The molecule has 0 radical (unpaired) electrons. The molecule has 0 amide bonds. The van der Waals surface area contributed by atoms with E-state index in [0.717, 1.165) is 31.2 Å². The maximum Gasteiger partial charge on any atom is 0.129 e. The number of pyridine rings is 1. The second-order valence-electron chi connectivity index (χ2n) is 4.40. The number of aromatic nitrogens is 1. The molecule has 2 heterocycles. The molecule has 1 aliphatic rings. The predicted octanol–water partition coefficient (Wildman–Crippen LogP) is 1.78. The second kappa shape index (κ2) is 5.62. The van der Waals surface area contributed by atoms with E-state index in [1.54, 1.807) is 0 Å². The molecule has 0 aliphatic carbocycles. The smallest absolute Gasteiger partial charge is 0.129 e. The quantitative estimate of drug-likeness (QED) is 0.812. The van der Waals surface area contributed by atoms with Gasteiger partial charge in [0, 0.05) is 13.1 Å². The average Bonchev–Trinajstić information content (AvgIpc) is 2.66. The zero-order chi connectivity index (χ0) is 11.4. The molecule has 16 heavy (non-hydrogen) atoms. The van der Waals surface area contributed by atoms with E-state index >= 15 is 0 Å². The van der Waals surface area contributed by atoms with Crippen molar-refractivity contribution in [2.45, 2.75) is 13.0 Å². The van der Waals surface area contributed by atoms with Crippen LogP contribution in [0.2, 0.25) is 5.15 Å². The number of nitrogens with zero attached hydrogens (tertiary/aromatic N) is 2. The Morgan fingerprint density at radius 3 is 3.19 bits per heavy atom. The summed E-state index contributed by atoms with van der Waals surface area (Å²) < 4.78 is 0. The molecule has 0 spiro atoms. The third kappa shape index (κ3) is 3.17. The van der Waals surface area contributed by atoms with Crippen LogP contribution in [-0.2, 0) is 6.54 Å². The summed E-state index contributed by atoms with van der Waals surface area (Å²) in [4.78, 5) is 6.76. The first-order valence-electron chi connectivity index (χ1n) is 5.76. The lowest BCUT2D eigenvalue weighted by Gasteiger charge is -2.15. The van der Waals surface area contributed by atoms with Gasteiger partial charge >= 0.3 is 0 Å². The van der Waals surface area contributed by atoms with Crippen LogP contribution in [0.25, 0.3) is 0 Å². The molecule has 1 aromatic rings. The summed E-state index contributed by atoms with van der Waals surface area (Å²) in [5.74, 6) is 0.782. The van der Waals surface area contributed by atoms with E-state index < -0.39 is 0 Å². The van der Waals surface area contributed by atoms with Crippen molar-refractivity contribution >= 4 is 11.6 Å². The lowest BCUT2D eigenvalue weighted by Crippen LogP contribution is -2.24. The first-order valence-corrected chi connectivity index (χ1v) is 6.14. The summed E-state index contributed by atoms with van der Waals surface area (Å²) in [6.45, 7) is 4.36. The molecular formula is C12H18ClN3. The molecule has 1 aromatic heterocycles. The number of likely N-dealkylation sites (tertiary alicyclic amines) is 1. The summed E-state index contributed by atoms with van der Waals surface area (Å²) in [7, 11) is 2.02. The number of halogens is 1. The molecule has 1 saturated heterocycles. The Bertz CT molecular complexity index is 343. The van der Waals surface area contributed by atoms with Crippen LogP contribution in [0.1, 0.15) is 12.1 Å². The first-order chi connectivity index (χ1) is 7.78. The maximum atomic E-state index is 5.87. The first kappa shape index (κ1) is 11.8.